The summed E-state index contributed by atoms with van der Waals surface area (Å²) in [5.41, 5.74) is 5.43. The van der Waals surface area contributed by atoms with Gasteiger partial charge in [-0.1, -0.05) is 30.9 Å². The van der Waals surface area contributed by atoms with Gasteiger partial charge in [0.25, 0.3) is 0 Å². The van der Waals surface area contributed by atoms with Crippen LogP contribution in [0.2, 0.25) is 0 Å². The summed E-state index contributed by atoms with van der Waals surface area (Å²) in [6.07, 6.45) is 1.16. The van der Waals surface area contributed by atoms with Gasteiger partial charge in [-0.2, -0.15) is 0 Å². The van der Waals surface area contributed by atoms with Gasteiger partial charge in [0.15, 0.2) is 0 Å². The number of hydrogen-bond donors (Lipinski definition) is 1. The van der Waals surface area contributed by atoms with Gasteiger partial charge in [-0.3, -0.25) is 0 Å². The Kier molecular flexibility index (Phi) is 3.52. The zero-order chi connectivity index (χ0) is 13.1. The van der Waals surface area contributed by atoms with Crippen LogP contribution in [0.3, 0.4) is 0 Å². The summed E-state index contributed by atoms with van der Waals surface area (Å²) in [6.45, 7) is 9.85. The Morgan fingerprint density at radius 2 is 2.22 bits per heavy atom. The van der Waals surface area contributed by atoms with E-state index in [2.05, 4.69) is 23.5 Å². The summed E-state index contributed by atoms with van der Waals surface area (Å²) in [5.74, 6) is 0. The van der Waals surface area contributed by atoms with Crippen LogP contribution in [0.15, 0.2) is 60.9 Å². The Morgan fingerprint density at radius 1 is 1.50 bits per heavy atom. The second kappa shape index (κ2) is 5.09. The highest BCUT2D eigenvalue weighted by molar-refractivity contribution is 5.81. The lowest BCUT2D eigenvalue weighted by Gasteiger charge is -2.13. The molecule has 92 valence electrons. The number of aliphatic hydroxyl groups excluding tert-OH is 1. The molecule has 0 spiro atoms. The van der Waals surface area contributed by atoms with E-state index in [4.69, 9.17) is 0 Å². The van der Waals surface area contributed by atoms with Crippen LogP contribution in [-0.4, -0.2) is 9.67 Å². The van der Waals surface area contributed by atoms with Crippen LogP contribution < -0.4 is 0 Å². The van der Waals surface area contributed by atoms with E-state index in [0.29, 0.717) is 6.54 Å². The van der Waals surface area contributed by atoms with Gasteiger partial charge in [0, 0.05) is 17.6 Å². The number of allylic oxidation sites excluding steroid dienone is 1. The van der Waals surface area contributed by atoms with Crippen molar-refractivity contribution in [3.63, 3.8) is 0 Å². The molecule has 0 fully saturated rings. The Labute approximate surface area is 107 Å². The zero-order valence-electron chi connectivity index (χ0n) is 10.6. The van der Waals surface area contributed by atoms with Crippen LogP contribution in [0.4, 0.5) is 0 Å². The van der Waals surface area contributed by atoms with Crippen LogP contribution in [0.25, 0.3) is 10.9 Å². The van der Waals surface area contributed by atoms with Gasteiger partial charge in [0.1, 0.15) is 6.10 Å². The molecule has 2 rings (SSSR count). The van der Waals surface area contributed by atoms with Crippen molar-refractivity contribution in [3.8, 4) is 0 Å². The summed E-state index contributed by atoms with van der Waals surface area (Å²) < 4.78 is 2.06. The molecule has 1 aromatic carbocycles. The minimum absolute atomic E-state index is 0.671. The average molecular weight is 239 g/mol. The zero-order valence-corrected chi connectivity index (χ0v) is 10.6. The predicted molar refractivity (Wildman–Crippen MR) is 75.4 cm³/mol. The van der Waals surface area contributed by atoms with Crippen LogP contribution in [0, 0.1) is 0 Å². The van der Waals surface area contributed by atoms with Gasteiger partial charge in [-0.05, 0) is 24.4 Å². The first kappa shape index (κ1) is 12.4. The van der Waals surface area contributed by atoms with Crippen LogP contribution in [0.1, 0.15) is 18.7 Å². The number of aromatic nitrogens is 1. The van der Waals surface area contributed by atoms with Gasteiger partial charge < -0.3 is 9.67 Å². The molecule has 0 saturated carbocycles. The van der Waals surface area contributed by atoms with Gasteiger partial charge in [-0.15, -0.1) is 12.3 Å². The topological polar surface area (TPSA) is 25.2 Å². The highest BCUT2D eigenvalue weighted by atomic mass is 16.3. The largest absolute Gasteiger partial charge is 0.382 e. The van der Waals surface area contributed by atoms with E-state index in [1.54, 1.807) is 0 Å². The van der Waals surface area contributed by atoms with E-state index in [-0.39, 0.29) is 0 Å². The molecule has 0 radical (unpaired) electrons. The van der Waals surface area contributed by atoms with Gasteiger partial charge in [0.05, 0.1) is 5.69 Å². The second-order valence-electron chi connectivity index (χ2n) is 4.29. The first-order chi connectivity index (χ1) is 8.69. The van der Waals surface area contributed by atoms with Crippen molar-refractivity contribution in [2.75, 3.05) is 0 Å². The Morgan fingerprint density at radius 3 is 2.89 bits per heavy atom. The van der Waals surface area contributed by atoms with Gasteiger partial charge >= 0.3 is 0 Å². The maximum Gasteiger partial charge on any atom is 0.122 e. The van der Waals surface area contributed by atoms with Crippen molar-refractivity contribution in [1.29, 1.82) is 0 Å². The monoisotopic (exact) mass is 239 g/mol. The molecule has 2 heteroatoms. The molecule has 1 unspecified atom stereocenters. The number of aliphatic hydroxyl groups is 1. The fraction of sp³-hybridized carbons (Fsp3) is 0.188. The quantitative estimate of drug-likeness (QED) is 0.640. The summed E-state index contributed by atoms with van der Waals surface area (Å²) in [5, 5.41) is 11.4. The smallest absolute Gasteiger partial charge is 0.122 e. The van der Waals surface area contributed by atoms with E-state index in [1.165, 1.54) is 0 Å². The lowest BCUT2D eigenvalue weighted by molar-refractivity contribution is 0.207. The van der Waals surface area contributed by atoms with E-state index in [0.717, 1.165) is 22.2 Å². The second-order valence-corrected chi connectivity index (χ2v) is 4.29. The number of para-hydroxylation sites is 1. The number of fused-ring (bicyclic) bond motifs is 1. The van der Waals surface area contributed by atoms with Crippen molar-refractivity contribution in [2.24, 2.45) is 0 Å². The van der Waals surface area contributed by atoms with Crippen molar-refractivity contribution in [1.82, 2.24) is 4.57 Å². The minimum Gasteiger partial charge on any atom is -0.382 e. The minimum atomic E-state index is -0.671. The van der Waals surface area contributed by atoms with Crippen molar-refractivity contribution in [2.45, 2.75) is 19.6 Å². The standard InChI is InChI=1S/C16H17NO/c1-4-10-17-14-9-7-6-8-13(14)11-15(17)16(18)12(3)5-2/h4,6-9,11,16,18H,1-2,10H2,3H3. The SMILES string of the molecule is C=C=C(C)C(O)c1cc2ccccc2n1CC=C. The molecule has 1 heterocycles. The lowest BCUT2D eigenvalue weighted by Crippen LogP contribution is -2.07. The number of benzene rings is 1. The number of hydrogen-bond acceptors (Lipinski definition) is 1. The molecule has 0 bridgehead atoms. The highest BCUT2D eigenvalue weighted by Crippen LogP contribution is 2.27. The molecule has 2 nitrogen and oxygen atoms in total. The van der Waals surface area contributed by atoms with Crippen LogP contribution in [0.5, 0.6) is 0 Å². The van der Waals surface area contributed by atoms with Crippen molar-refractivity contribution >= 4 is 10.9 Å². The molecule has 1 aromatic heterocycles. The molecule has 0 aliphatic heterocycles. The fourth-order valence-corrected chi connectivity index (χ4v) is 2.11. The number of nitrogens with zero attached hydrogens (tertiary/aromatic N) is 1. The highest BCUT2D eigenvalue weighted by Gasteiger charge is 2.16. The summed E-state index contributed by atoms with van der Waals surface area (Å²) in [7, 11) is 0. The molecule has 0 amide bonds. The molecular formula is C16H17NO. The first-order valence-electron chi connectivity index (χ1n) is 5.92. The molecule has 1 N–H and O–H groups in total. The molecule has 0 aliphatic carbocycles. The molecule has 18 heavy (non-hydrogen) atoms. The predicted octanol–water partition coefficient (Wildman–Crippen LogP) is 3.59. The third kappa shape index (κ3) is 2.04. The van der Waals surface area contributed by atoms with Crippen LogP contribution in [-0.2, 0) is 6.54 Å². The Hall–Kier alpha value is -2.02. The Bertz CT molecular complexity index is 630. The van der Waals surface area contributed by atoms with E-state index in [9.17, 15) is 5.11 Å². The summed E-state index contributed by atoms with van der Waals surface area (Å²) in [4.78, 5) is 0. The maximum absolute atomic E-state index is 10.3. The molecule has 0 saturated heterocycles. The summed E-state index contributed by atoms with van der Waals surface area (Å²) in [6, 6.07) is 10.1. The normalized spacial score (nSPS) is 12.1. The average Bonchev–Trinajstić information content (AvgIpc) is 2.76. The summed E-state index contributed by atoms with van der Waals surface area (Å²) >= 11 is 0. The molecule has 2 aromatic rings. The van der Waals surface area contributed by atoms with Crippen LogP contribution >= 0.6 is 0 Å². The van der Waals surface area contributed by atoms with Gasteiger partial charge in [-0.25, -0.2) is 0 Å². The fourth-order valence-electron chi connectivity index (χ4n) is 2.11. The third-order valence-electron chi connectivity index (χ3n) is 3.12. The molecular weight excluding hydrogens is 222 g/mol. The molecule has 1 atom stereocenters. The molecule has 0 aliphatic rings. The number of rotatable bonds is 4. The van der Waals surface area contributed by atoms with E-state index in [1.807, 2.05) is 43.3 Å². The van der Waals surface area contributed by atoms with E-state index < -0.39 is 6.10 Å². The van der Waals surface area contributed by atoms with E-state index >= 15 is 0 Å². The lowest BCUT2D eigenvalue weighted by atomic mass is 10.1. The van der Waals surface area contributed by atoms with Crippen molar-refractivity contribution in [3.05, 3.63) is 66.6 Å². The Balaban J connectivity index is 2.65. The maximum atomic E-state index is 10.3. The van der Waals surface area contributed by atoms with Gasteiger partial charge in [0.2, 0.25) is 0 Å². The third-order valence-corrected chi connectivity index (χ3v) is 3.12. The van der Waals surface area contributed by atoms with Crippen molar-refractivity contribution < 1.29 is 5.11 Å². The first-order valence-corrected chi connectivity index (χ1v) is 5.92.